The van der Waals surface area contributed by atoms with Gasteiger partial charge in [-0.05, 0) is 6.08 Å². The third-order valence-corrected chi connectivity index (χ3v) is 1.34. The van der Waals surface area contributed by atoms with Crippen molar-refractivity contribution in [2.75, 3.05) is 7.11 Å². The SMILES string of the molecule is COC1=CC=CC1C. The summed E-state index contributed by atoms with van der Waals surface area (Å²) in [6.07, 6.45) is 6.12. The molecule has 1 aliphatic carbocycles. The standard InChI is InChI=1S/C7H10O/c1-6-4-3-5-7(6)8-2/h3-6H,1-2H3. The third kappa shape index (κ3) is 0.760. The first-order chi connectivity index (χ1) is 3.84. The molecule has 0 saturated carbocycles. The van der Waals surface area contributed by atoms with E-state index in [1.54, 1.807) is 7.11 Å². The molecule has 0 aliphatic heterocycles. The molecule has 44 valence electrons. The van der Waals surface area contributed by atoms with E-state index in [-0.39, 0.29) is 0 Å². The van der Waals surface area contributed by atoms with Gasteiger partial charge in [-0.1, -0.05) is 19.1 Å². The van der Waals surface area contributed by atoms with Crippen LogP contribution in [-0.4, -0.2) is 7.11 Å². The highest BCUT2D eigenvalue weighted by molar-refractivity contribution is 5.21. The maximum absolute atomic E-state index is 5.02. The second-order valence-corrected chi connectivity index (χ2v) is 1.95. The van der Waals surface area contributed by atoms with Gasteiger partial charge in [0.2, 0.25) is 0 Å². The maximum Gasteiger partial charge on any atom is 0.102 e. The highest BCUT2D eigenvalue weighted by Gasteiger charge is 2.07. The molecule has 0 amide bonds. The summed E-state index contributed by atoms with van der Waals surface area (Å²) in [5.74, 6) is 1.55. The van der Waals surface area contributed by atoms with Gasteiger partial charge in [0.15, 0.2) is 0 Å². The molecule has 0 radical (unpaired) electrons. The van der Waals surface area contributed by atoms with Gasteiger partial charge in [0.1, 0.15) is 5.76 Å². The molecule has 1 unspecified atom stereocenters. The van der Waals surface area contributed by atoms with Crippen molar-refractivity contribution in [2.24, 2.45) is 5.92 Å². The van der Waals surface area contributed by atoms with Crippen LogP contribution >= 0.6 is 0 Å². The van der Waals surface area contributed by atoms with Crippen LogP contribution in [-0.2, 0) is 4.74 Å². The summed E-state index contributed by atoms with van der Waals surface area (Å²) in [5, 5.41) is 0. The average Bonchev–Trinajstić information content (AvgIpc) is 2.14. The Morgan fingerprint density at radius 2 is 2.38 bits per heavy atom. The lowest BCUT2D eigenvalue weighted by Gasteiger charge is -2.04. The molecule has 0 aromatic heterocycles. The molecule has 0 aromatic carbocycles. The Kier molecular flexibility index (Phi) is 1.38. The fraction of sp³-hybridized carbons (Fsp3) is 0.429. The minimum Gasteiger partial charge on any atom is -0.500 e. The summed E-state index contributed by atoms with van der Waals surface area (Å²) in [5.41, 5.74) is 0. The van der Waals surface area contributed by atoms with Crippen LogP contribution in [0, 0.1) is 5.92 Å². The fourth-order valence-electron chi connectivity index (χ4n) is 0.818. The molecular weight excluding hydrogens is 100 g/mol. The summed E-state index contributed by atoms with van der Waals surface area (Å²) >= 11 is 0. The molecule has 0 aromatic rings. The van der Waals surface area contributed by atoms with Gasteiger partial charge < -0.3 is 4.74 Å². The zero-order valence-electron chi connectivity index (χ0n) is 5.22. The lowest BCUT2D eigenvalue weighted by Crippen LogP contribution is -1.92. The molecule has 0 fully saturated rings. The van der Waals surface area contributed by atoms with Crippen molar-refractivity contribution >= 4 is 0 Å². The molecule has 1 nitrogen and oxygen atoms in total. The molecule has 0 spiro atoms. The first-order valence-corrected chi connectivity index (χ1v) is 2.77. The Balaban J connectivity index is 2.59. The monoisotopic (exact) mass is 110 g/mol. The van der Waals surface area contributed by atoms with Gasteiger partial charge in [-0.15, -0.1) is 0 Å². The Labute approximate surface area is 49.7 Å². The Bertz CT molecular complexity index is 133. The number of ether oxygens (including phenoxy) is 1. The lowest BCUT2D eigenvalue weighted by molar-refractivity contribution is 0.265. The van der Waals surface area contributed by atoms with Crippen LogP contribution in [0.2, 0.25) is 0 Å². The van der Waals surface area contributed by atoms with E-state index < -0.39 is 0 Å². The van der Waals surface area contributed by atoms with Crippen LogP contribution in [0.4, 0.5) is 0 Å². The largest absolute Gasteiger partial charge is 0.500 e. The van der Waals surface area contributed by atoms with Crippen molar-refractivity contribution in [3.8, 4) is 0 Å². The number of rotatable bonds is 1. The number of methoxy groups -OCH3 is 1. The van der Waals surface area contributed by atoms with Gasteiger partial charge in [0, 0.05) is 5.92 Å². The average molecular weight is 110 g/mol. The quantitative estimate of drug-likeness (QED) is 0.499. The highest BCUT2D eigenvalue weighted by Crippen LogP contribution is 2.17. The van der Waals surface area contributed by atoms with E-state index in [0.29, 0.717) is 5.92 Å². The van der Waals surface area contributed by atoms with Crippen LogP contribution in [0.25, 0.3) is 0 Å². The first kappa shape index (κ1) is 5.42. The van der Waals surface area contributed by atoms with E-state index in [1.807, 2.05) is 12.2 Å². The summed E-state index contributed by atoms with van der Waals surface area (Å²) in [4.78, 5) is 0. The van der Waals surface area contributed by atoms with Gasteiger partial charge in [-0.3, -0.25) is 0 Å². The Hall–Kier alpha value is -0.720. The van der Waals surface area contributed by atoms with Gasteiger partial charge in [-0.25, -0.2) is 0 Å². The number of hydrogen-bond donors (Lipinski definition) is 0. The van der Waals surface area contributed by atoms with Crippen LogP contribution in [0.5, 0.6) is 0 Å². The molecule has 8 heavy (non-hydrogen) atoms. The number of hydrogen-bond acceptors (Lipinski definition) is 1. The zero-order valence-corrected chi connectivity index (χ0v) is 5.22. The Morgan fingerprint density at radius 3 is 2.62 bits per heavy atom. The van der Waals surface area contributed by atoms with Crippen LogP contribution in [0.3, 0.4) is 0 Å². The number of allylic oxidation sites excluding steroid dienone is 3. The molecule has 0 heterocycles. The predicted octanol–water partition coefficient (Wildman–Crippen LogP) is 1.72. The molecule has 1 heteroatoms. The smallest absolute Gasteiger partial charge is 0.102 e. The zero-order chi connectivity index (χ0) is 5.98. The molecular formula is C7H10O. The van der Waals surface area contributed by atoms with E-state index in [1.165, 1.54) is 0 Å². The van der Waals surface area contributed by atoms with Crippen molar-refractivity contribution in [1.82, 2.24) is 0 Å². The van der Waals surface area contributed by atoms with Crippen LogP contribution in [0.1, 0.15) is 6.92 Å². The van der Waals surface area contributed by atoms with Crippen molar-refractivity contribution in [3.63, 3.8) is 0 Å². The van der Waals surface area contributed by atoms with Gasteiger partial charge in [-0.2, -0.15) is 0 Å². The lowest BCUT2D eigenvalue weighted by atomic mass is 10.2. The molecule has 1 rings (SSSR count). The molecule has 0 N–H and O–H groups in total. The molecule has 0 saturated heterocycles. The van der Waals surface area contributed by atoms with Gasteiger partial charge in [0.25, 0.3) is 0 Å². The van der Waals surface area contributed by atoms with E-state index in [9.17, 15) is 0 Å². The minimum atomic E-state index is 0.486. The molecule has 1 atom stereocenters. The van der Waals surface area contributed by atoms with Crippen molar-refractivity contribution < 1.29 is 4.74 Å². The highest BCUT2D eigenvalue weighted by atomic mass is 16.5. The first-order valence-electron chi connectivity index (χ1n) is 2.77. The molecule has 0 bridgehead atoms. The fourth-order valence-corrected chi connectivity index (χ4v) is 0.818. The van der Waals surface area contributed by atoms with Crippen LogP contribution < -0.4 is 0 Å². The second kappa shape index (κ2) is 2.03. The van der Waals surface area contributed by atoms with E-state index >= 15 is 0 Å². The summed E-state index contributed by atoms with van der Waals surface area (Å²) in [7, 11) is 1.70. The van der Waals surface area contributed by atoms with E-state index in [4.69, 9.17) is 4.74 Å². The van der Waals surface area contributed by atoms with Crippen molar-refractivity contribution in [3.05, 3.63) is 24.0 Å². The second-order valence-electron chi connectivity index (χ2n) is 1.95. The van der Waals surface area contributed by atoms with Crippen molar-refractivity contribution in [1.29, 1.82) is 0 Å². The molecule has 1 aliphatic rings. The third-order valence-electron chi connectivity index (χ3n) is 1.34. The van der Waals surface area contributed by atoms with E-state index in [0.717, 1.165) is 5.76 Å². The Morgan fingerprint density at radius 1 is 1.62 bits per heavy atom. The summed E-state index contributed by atoms with van der Waals surface area (Å²) in [6.45, 7) is 2.11. The van der Waals surface area contributed by atoms with Crippen molar-refractivity contribution in [2.45, 2.75) is 6.92 Å². The minimum absolute atomic E-state index is 0.486. The normalized spacial score (nSPS) is 25.8. The topological polar surface area (TPSA) is 9.23 Å². The summed E-state index contributed by atoms with van der Waals surface area (Å²) in [6, 6.07) is 0. The van der Waals surface area contributed by atoms with Crippen LogP contribution in [0.15, 0.2) is 24.0 Å². The van der Waals surface area contributed by atoms with Gasteiger partial charge >= 0.3 is 0 Å². The van der Waals surface area contributed by atoms with Gasteiger partial charge in [0.05, 0.1) is 7.11 Å². The van der Waals surface area contributed by atoms with E-state index in [2.05, 4.69) is 13.0 Å². The summed E-state index contributed by atoms with van der Waals surface area (Å²) < 4.78 is 5.02. The maximum atomic E-state index is 5.02. The predicted molar refractivity (Wildman–Crippen MR) is 33.4 cm³/mol.